The minimum atomic E-state index is -2.46. The van der Waals surface area contributed by atoms with Crippen molar-refractivity contribution in [3.63, 3.8) is 0 Å². The van der Waals surface area contributed by atoms with Gasteiger partial charge in [0.2, 0.25) is 12.1 Å². The van der Waals surface area contributed by atoms with E-state index in [1.54, 1.807) is 0 Å². The van der Waals surface area contributed by atoms with E-state index < -0.39 is 146 Å². The fraction of sp³-hybridized carbons (Fsp3) is 1.00. The predicted molar refractivity (Wildman–Crippen MR) is 150 cm³/mol. The molecule has 0 amide bonds. The minimum Gasteiger partial charge on any atom is -0.394 e. The van der Waals surface area contributed by atoms with E-state index in [1.165, 1.54) is 13.8 Å². The number of fused-ring (bicyclic) bond motifs is 1. The van der Waals surface area contributed by atoms with Crippen LogP contribution in [0, 0.1) is 463 Å². The third-order valence-corrected chi connectivity index (χ3v) is 10.1. The Kier molecular flexibility index (Phi) is 54.3. The molecule has 0 aromatic heterocycles. The molecule has 5 fully saturated rings. The molecular formula is C26H42Ac10N4O19. The molecule has 5 aliphatic rings. The molecule has 23 nitrogen and oxygen atoms in total. The summed E-state index contributed by atoms with van der Waals surface area (Å²) in [6.07, 6.45) is -28.2. The van der Waals surface area contributed by atoms with E-state index in [0.29, 0.717) is 0 Å². The average Bonchev–Trinajstić information content (AvgIpc) is 3.05. The van der Waals surface area contributed by atoms with E-state index >= 15 is 0 Å². The number of nitrogens with zero attached hydrogens (tertiary/aromatic N) is 4. The fourth-order valence-corrected chi connectivity index (χ4v) is 7.30. The zero-order valence-corrected chi connectivity index (χ0v) is 79.3. The number of rotatable bonds is 10. The topological polar surface area (TPSA) is 359 Å². The first-order valence-corrected chi connectivity index (χ1v) is 15.6. The standard InChI is InChI=1S/C26H42N4O19.10Ac/c1-6-9(3-8(33)16(36)14(6)34)44-22-19(39)17(37)11(5-32)46-25(22)48-26(23-20(40)18(38)15(35)7(2)43-23)12-10(4-31)45-24(49-30(41)42)13(28-29-27)21(12)47-26;;;;;;;;;;/h6-25,31-40H,3-5H2,1-2H3;;;;;;;;;;/t6?,7?,8?,9-,10?,11?,12-,13?,14-,15-,16+,17+,18?,19+,20-,21+,22-,23-,24?,25+,26?;;;;;;;;;;/m1........../s1. The van der Waals surface area contributed by atoms with E-state index in [4.69, 9.17) is 28.4 Å². The molecule has 310 valence electrons. The van der Waals surface area contributed by atoms with E-state index in [0.717, 1.165) is 0 Å². The first-order chi connectivity index (χ1) is 23.1. The molecule has 33 heteroatoms. The maximum absolute atomic E-state index is 11.2. The van der Waals surface area contributed by atoms with Crippen LogP contribution in [-0.2, 0) is 33.3 Å². The normalized spacial score (nSPS) is 44.1. The van der Waals surface area contributed by atoms with Crippen molar-refractivity contribution < 1.29 is 530 Å². The maximum atomic E-state index is 11.2. The monoisotopic (exact) mass is 2980 g/mol. The molecule has 0 aromatic rings. The number of aliphatic hydroxyl groups excluding tert-OH is 10. The second kappa shape index (κ2) is 38.8. The number of ether oxygens (including phenoxy) is 6. The van der Waals surface area contributed by atoms with Crippen molar-refractivity contribution >= 4 is 0 Å². The van der Waals surface area contributed by atoms with E-state index in [2.05, 4.69) is 14.9 Å². The average molecular weight is 2980 g/mol. The number of azide groups is 1. The van der Waals surface area contributed by atoms with Crippen molar-refractivity contribution in [1.29, 1.82) is 0 Å². The summed E-state index contributed by atoms with van der Waals surface area (Å²) in [5, 5.41) is 119. The van der Waals surface area contributed by atoms with Crippen molar-refractivity contribution in [3.8, 4) is 0 Å². The van der Waals surface area contributed by atoms with Crippen molar-refractivity contribution in [2.75, 3.05) is 13.2 Å². The van der Waals surface area contributed by atoms with Crippen LogP contribution in [0.15, 0.2) is 5.11 Å². The van der Waals surface area contributed by atoms with Gasteiger partial charge in [0, 0.05) is 458 Å². The third-order valence-electron chi connectivity index (χ3n) is 10.1. The smallest absolute Gasteiger partial charge is 0.297 e. The quantitative estimate of drug-likeness (QED) is 0.0321. The first kappa shape index (κ1) is 82.6. The molecule has 9 unspecified atom stereocenters. The molecule has 21 atom stereocenters. The Bertz CT molecular complexity index is 1260. The third kappa shape index (κ3) is 19.6. The number of hydrogen-bond acceptors (Lipinski definition) is 20. The molecule has 59 heavy (non-hydrogen) atoms. The van der Waals surface area contributed by atoms with Crippen molar-refractivity contribution in [1.82, 2.24) is 0 Å². The fourth-order valence-electron chi connectivity index (χ4n) is 7.30. The van der Waals surface area contributed by atoms with Crippen LogP contribution in [0.25, 0.3) is 10.4 Å². The van der Waals surface area contributed by atoms with Crippen LogP contribution >= 0.6 is 0 Å². The summed E-state index contributed by atoms with van der Waals surface area (Å²) in [5.74, 6) is -4.74. The predicted octanol–water partition coefficient (Wildman–Crippen LogP) is -5.50. The van der Waals surface area contributed by atoms with Crippen LogP contribution in [0.5, 0.6) is 0 Å². The van der Waals surface area contributed by atoms with Crippen LogP contribution in [0.4, 0.5) is 0 Å². The van der Waals surface area contributed by atoms with E-state index in [9.17, 15) is 66.7 Å². The Morgan fingerprint density at radius 1 is 0.746 bits per heavy atom. The summed E-state index contributed by atoms with van der Waals surface area (Å²) in [6, 6.07) is -1.62. The zero-order valence-electron chi connectivity index (χ0n) is 31.9. The first-order valence-electron chi connectivity index (χ1n) is 15.6. The van der Waals surface area contributed by atoms with Gasteiger partial charge in [0.25, 0.3) is 5.09 Å². The van der Waals surface area contributed by atoms with Crippen LogP contribution < -0.4 is 0 Å². The molecule has 1 saturated carbocycles. The van der Waals surface area contributed by atoms with Gasteiger partial charge in [-0.1, -0.05) is 12.0 Å². The van der Waals surface area contributed by atoms with Crippen LogP contribution in [-0.4, -0.2) is 185 Å². The summed E-state index contributed by atoms with van der Waals surface area (Å²) < 4.78 is 35.7. The molecule has 0 aromatic carbocycles. The minimum absolute atomic E-state index is 0. The molecule has 4 saturated heterocycles. The Balaban J connectivity index is -0.000000702. The van der Waals surface area contributed by atoms with Crippen molar-refractivity contribution in [2.45, 2.75) is 136 Å². The van der Waals surface area contributed by atoms with Gasteiger partial charge < -0.3 is 79.5 Å². The van der Waals surface area contributed by atoms with Gasteiger partial charge in [-0.3, -0.25) is 4.84 Å². The van der Waals surface area contributed by atoms with Gasteiger partial charge >= 0.3 is 0 Å². The van der Waals surface area contributed by atoms with Crippen LogP contribution in [0.3, 0.4) is 0 Å². The van der Waals surface area contributed by atoms with E-state index in [1.807, 2.05) is 0 Å². The molecule has 0 spiro atoms. The molecule has 4 heterocycles. The molecule has 10 N–H and O–H groups in total. The maximum Gasteiger partial charge on any atom is 0.297 e. The van der Waals surface area contributed by atoms with Gasteiger partial charge in [-0.05, 0) is 12.5 Å². The molecule has 0 bridgehead atoms. The Hall–Kier alpha value is 12.3. The molecule has 1 aliphatic carbocycles. The van der Waals surface area contributed by atoms with Gasteiger partial charge in [0.15, 0.2) is 6.29 Å². The molecular weight excluding hydrogens is 2940 g/mol. The van der Waals surface area contributed by atoms with Gasteiger partial charge in [-0.25, -0.2) is 0 Å². The van der Waals surface area contributed by atoms with Gasteiger partial charge in [-0.15, -0.1) is 10.1 Å². The Morgan fingerprint density at radius 2 is 1.29 bits per heavy atom. The van der Waals surface area contributed by atoms with Gasteiger partial charge in [0.1, 0.15) is 61.0 Å². The van der Waals surface area contributed by atoms with Crippen molar-refractivity contribution in [3.05, 3.63) is 20.6 Å². The summed E-state index contributed by atoms with van der Waals surface area (Å²) in [6.45, 7) is 1.03. The Morgan fingerprint density at radius 3 is 1.80 bits per heavy atom. The SMILES string of the molecule is CC1O[C@@H](C2(O[C@@H]3OC(CO)[C@H](O)[C@H](O)[C@H]3O[C@@H]3CC(O)[C@H](O)[C@H](O)C3C)O[C@@H]3C(N=[N+]=[N-])C(O[N+](=O)[O-])OC(CO)[C@H]32)[C@H](O)C(O)[C@@H]1O.[Ac].[Ac].[Ac].[Ac].[Ac].[Ac].[Ac].[Ac].[Ac].[Ac]. The summed E-state index contributed by atoms with van der Waals surface area (Å²) >= 11 is 0. The summed E-state index contributed by atoms with van der Waals surface area (Å²) in [7, 11) is 0. The number of hydrogen-bond donors (Lipinski definition) is 10. The Labute approximate surface area is 697 Å². The second-order valence-corrected chi connectivity index (χ2v) is 12.9. The summed E-state index contributed by atoms with van der Waals surface area (Å²) in [4.78, 5) is 18.4. The second-order valence-electron chi connectivity index (χ2n) is 12.9. The zero-order chi connectivity index (χ0) is 36.1. The van der Waals surface area contributed by atoms with Gasteiger partial charge in [0.05, 0.1) is 55.8 Å². The molecule has 5 rings (SSSR count). The van der Waals surface area contributed by atoms with Crippen molar-refractivity contribution in [2.24, 2.45) is 17.0 Å². The molecule has 10 radical (unpaired) electrons. The summed E-state index contributed by atoms with van der Waals surface area (Å²) in [5.41, 5.74) is 9.23. The van der Waals surface area contributed by atoms with E-state index in [-0.39, 0.29) is 447 Å². The number of aliphatic hydroxyl groups is 10. The van der Waals surface area contributed by atoms with Crippen LogP contribution in [0.1, 0.15) is 20.3 Å². The largest absolute Gasteiger partial charge is 0.394 e. The van der Waals surface area contributed by atoms with Gasteiger partial charge in [-0.2, -0.15) is 0 Å². The molecule has 4 aliphatic heterocycles. The van der Waals surface area contributed by atoms with Crippen LogP contribution in [0.2, 0.25) is 0 Å².